The van der Waals surface area contributed by atoms with Gasteiger partial charge >= 0.3 is 0 Å². The third kappa shape index (κ3) is 2.45. The van der Waals surface area contributed by atoms with Gasteiger partial charge in [-0.3, -0.25) is 14.2 Å². The number of benzene rings is 2. The maximum atomic E-state index is 13.6. The molecule has 0 atom stereocenters. The molecule has 0 spiro atoms. The Balaban J connectivity index is 2.06. The summed E-state index contributed by atoms with van der Waals surface area (Å²) in [5.74, 6) is -1.04. The second-order valence-corrected chi connectivity index (χ2v) is 4.57. The number of hydrogen-bond acceptors (Lipinski definition) is 3. The predicted octanol–water partition coefficient (Wildman–Crippen LogP) is 2.42. The van der Waals surface area contributed by atoms with Crippen molar-refractivity contribution in [2.24, 2.45) is 0 Å². The summed E-state index contributed by atoms with van der Waals surface area (Å²) in [6.07, 6.45) is 1.16. The van der Waals surface area contributed by atoms with E-state index in [9.17, 15) is 14.0 Å². The van der Waals surface area contributed by atoms with E-state index in [1.807, 2.05) is 0 Å². The summed E-state index contributed by atoms with van der Waals surface area (Å²) in [7, 11) is 0. The van der Waals surface area contributed by atoms with Gasteiger partial charge in [-0.05, 0) is 24.3 Å². The molecule has 0 saturated carbocycles. The fourth-order valence-electron chi connectivity index (χ4n) is 2.19. The molecular weight excluding hydrogens is 271 g/mol. The quantitative estimate of drug-likeness (QED) is 0.693. The number of Topliss-reactive ketones (excluding diaryl/α,β-unsaturated/α-hetero) is 1. The molecule has 0 unspecified atom stereocenters. The van der Waals surface area contributed by atoms with Crippen molar-refractivity contribution in [3.8, 4) is 0 Å². The van der Waals surface area contributed by atoms with Gasteiger partial charge in [0.25, 0.3) is 5.56 Å². The molecule has 3 aromatic rings. The van der Waals surface area contributed by atoms with Gasteiger partial charge in [-0.15, -0.1) is 0 Å². The van der Waals surface area contributed by atoms with E-state index in [-0.39, 0.29) is 12.1 Å². The third-order valence-electron chi connectivity index (χ3n) is 3.23. The van der Waals surface area contributed by atoms with Crippen LogP contribution >= 0.6 is 0 Å². The van der Waals surface area contributed by atoms with Crippen LogP contribution in [0.1, 0.15) is 10.4 Å². The lowest BCUT2D eigenvalue weighted by atomic mass is 10.1. The Kier molecular flexibility index (Phi) is 3.31. The van der Waals surface area contributed by atoms with Crippen molar-refractivity contribution in [2.45, 2.75) is 6.54 Å². The van der Waals surface area contributed by atoms with E-state index in [2.05, 4.69) is 4.98 Å². The van der Waals surface area contributed by atoms with E-state index in [0.717, 1.165) is 6.20 Å². The molecule has 0 bridgehead atoms. The Labute approximate surface area is 119 Å². The van der Waals surface area contributed by atoms with E-state index >= 15 is 0 Å². The van der Waals surface area contributed by atoms with Gasteiger partial charge in [-0.25, -0.2) is 9.37 Å². The van der Waals surface area contributed by atoms with Crippen molar-refractivity contribution in [3.63, 3.8) is 0 Å². The number of ketones is 1. The summed E-state index contributed by atoms with van der Waals surface area (Å²) >= 11 is 0. The Hall–Kier alpha value is -2.82. The first-order chi connectivity index (χ1) is 10.2. The third-order valence-corrected chi connectivity index (χ3v) is 3.23. The zero-order chi connectivity index (χ0) is 14.8. The first-order valence-corrected chi connectivity index (χ1v) is 6.39. The Morgan fingerprint density at radius 3 is 2.62 bits per heavy atom. The van der Waals surface area contributed by atoms with Crippen LogP contribution < -0.4 is 5.56 Å². The number of para-hydroxylation sites is 2. The lowest BCUT2D eigenvalue weighted by Crippen LogP contribution is -2.25. The van der Waals surface area contributed by atoms with Crippen LogP contribution in [0, 0.1) is 5.82 Å². The van der Waals surface area contributed by atoms with Gasteiger partial charge in [0.1, 0.15) is 5.82 Å². The number of halogens is 1. The molecule has 0 aliphatic rings. The first kappa shape index (κ1) is 13.2. The number of fused-ring (bicyclic) bond motifs is 1. The highest BCUT2D eigenvalue weighted by Gasteiger charge is 2.14. The van der Waals surface area contributed by atoms with Crippen LogP contribution in [0.4, 0.5) is 4.39 Å². The van der Waals surface area contributed by atoms with Gasteiger partial charge in [-0.2, -0.15) is 0 Å². The van der Waals surface area contributed by atoms with Crippen LogP contribution in [-0.2, 0) is 6.54 Å². The fraction of sp³-hybridized carbons (Fsp3) is 0.0625. The number of nitrogens with zero attached hydrogens (tertiary/aromatic N) is 2. The smallest absolute Gasteiger partial charge is 0.269 e. The highest BCUT2D eigenvalue weighted by Crippen LogP contribution is 2.11. The molecule has 5 heteroatoms. The SMILES string of the molecule is O=C(Cn1c(=O)cnc2ccccc21)c1ccccc1F. The second kappa shape index (κ2) is 5.28. The molecule has 0 N–H and O–H groups in total. The summed E-state index contributed by atoms with van der Waals surface area (Å²) in [5.41, 5.74) is 0.747. The molecule has 4 nitrogen and oxygen atoms in total. The minimum atomic E-state index is -0.589. The minimum Gasteiger partial charge on any atom is -0.298 e. The summed E-state index contributed by atoms with van der Waals surface area (Å²) in [4.78, 5) is 28.2. The van der Waals surface area contributed by atoms with Gasteiger partial charge < -0.3 is 0 Å². The molecule has 21 heavy (non-hydrogen) atoms. The number of carbonyl (C=O) groups is 1. The molecule has 3 rings (SSSR count). The Bertz CT molecular complexity index is 887. The van der Waals surface area contributed by atoms with Gasteiger partial charge in [0.05, 0.1) is 29.3 Å². The zero-order valence-corrected chi connectivity index (χ0v) is 11.0. The van der Waals surface area contributed by atoms with E-state index in [0.29, 0.717) is 11.0 Å². The fourth-order valence-corrected chi connectivity index (χ4v) is 2.19. The lowest BCUT2D eigenvalue weighted by Gasteiger charge is -2.09. The zero-order valence-electron chi connectivity index (χ0n) is 11.0. The molecule has 0 aliphatic carbocycles. The van der Waals surface area contributed by atoms with Crippen LogP contribution in [0.5, 0.6) is 0 Å². The van der Waals surface area contributed by atoms with Crippen molar-refractivity contribution < 1.29 is 9.18 Å². The molecule has 0 fully saturated rings. The van der Waals surface area contributed by atoms with Crippen molar-refractivity contribution >= 4 is 16.8 Å². The maximum Gasteiger partial charge on any atom is 0.269 e. The van der Waals surface area contributed by atoms with Gasteiger partial charge in [-0.1, -0.05) is 24.3 Å². The number of carbonyl (C=O) groups excluding carboxylic acids is 1. The Morgan fingerprint density at radius 1 is 1.10 bits per heavy atom. The van der Waals surface area contributed by atoms with Crippen molar-refractivity contribution in [2.75, 3.05) is 0 Å². The maximum absolute atomic E-state index is 13.6. The number of hydrogen-bond donors (Lipinski definition) is 0. The second-order valence-electron chi connectivity index (χ2n) is 4.57. The molecule has 1 heterocycles. The normalized spacial score (nSPS) is 10.7. The standard InChI is InChI=1S/C16H11FN2O2/c17-12-6-2-1-5-11(12)15(20)10-19-14-8-4-3-7-13(14)18-9-16(19)21/h1-9H,10H2. The largest absolute Gasteiger partial charge is 0.298 e. The van der Waals surface area contributed by atoms with Crippen LogP contribution in [0.3, 0.4) is 0 Å². The topological polar surface area (TPSA) is 52.0 Å². The number of aromatic nitrogens is 2. The van der Waals surface area contributed by atoms with E-state index in [1.54, 1.807) is 30.3 Å². The Morgan fingerprint density at radius 2 is 1.81 bits per heavy atom. The van der Waals surface area contributed by atoms with Crippen molar-refractivity contribution in [1.29, 1.82) is 0 Å². The molecule has 0 aliphatic heterocycles. The van der Waals surface area contributed by atoms with Gasteiger partial charge in [0.15, 0.2) is 5.78 Å². The van der Waals surface area contributed by atoms with E-state index in [4.69, 9.17) is 0 Å². The molecule has 104 valence electrons. The summed E-state index contributed by atoms with van der Waals surface area (Å²) in [6.45, 7) is -0.219. The lowest BCUT2D eigenvalue weighted by molar-refractivity contribution is 0.0968. The van der Waals surface area contributed by atoms with Crippen LogP contribution in [0.2, 0.25) is 0 Å². The van der Waals surface area contributed by atoms with Crippen molar-refractivity contribution in [3.05, 3.63) is 76.5 Å². The molecule has 1 aromatic heterocycles. The highest BCUT2D eigenvalue weighted by molar-refractivity contribution is 5.96. The molecule has 0 amide bonds. The average Bonchev–Trinajstić information content (AvgIpc) is 2.50. The predicted molar refractivity (Wildman–Crippen MR) is 76.7 cm³/mol. The van der Waals surface area contributed by atoms with E-state index in [1.165, 1.54) is 22.8 Å². The highest BCUT2D eigenvalue weighted by atomic mass is 19.1. The molecular formula is C16H11FN2O2. The number of rotatable bonds is 3. The van der Waals surface area contributed by atoms with Crippen LogP contribution in [0.15, 0.2) is 59.5 Å². The molecule has 0 saturated heterocycles. The first-order valence-electron chi connectivity index (χ1n) is 6.39. The molecule has 2 aromatic carbocycles. The van der Waals surface area contributed by atoms with Gasteiger partial charge in [0.2, 0.25) is 0 Å². The summed E-state index contributed by atoms with van der Waals surface area (Å²) in [5, 5.41) is 0. The minimum absolute atomic E-state index is 0.0229. The van der Waals surface area contributed by atoms with Crippen molar-refractivity contribution in [1.82, 2.24) is 9.55 Å². The van der Waals surface area contributed by atoms with Gasteiger partial charge in [0, 0.05) is 0 Å². The average molecular weight is 282 g/mol. The summed E-state index contributed by atoms with van der Waals surface area (Å²) in [6, 6.07) is 12.7. The monoisotopic (exact) mass is 282 g/mol. The van der Waals surface area contributed by atoms with Crippen LogP contribution in [-0.4, -0.2) is 15.3 Å². The summed E-state index contributed by atoms with van der Waals surface area (Å²) < 4.78 is 14.9. The van der Waals surface area contributed by atoms with E-state index < -0.39 is 17.2 Å². The van der Waals surface area contributed by atoms with Crippen LogP contribution in [0.25, 0.3) is 11.0 Å². The molecule has 0 radical (unpaired) electrons.